The lowest BCUT2D eigenvalue weighted by molar-refractivity contribution is 1.61. The first-order valence-corrected chi connectivity index (χ1v) is 14.0. The molecule has 9 rings (SSSR count). The van der Waals surface area contributed by atoms with Gasteiger partial charge in [-0.25, -0.2) is 0 Å². The number of hydrogen-bond acceptors (Lipinski definition) is 0. The van der Waals surface area contributed by atoms with Crippen molar-refractivity contribution in [3.63, 3.8) is 0 Å². The van der Waals surface area contributed by atoms with E-state index in [2.05, 4.69) is 146 Å². The van der Waals surface area contributed by atoms with Crippen molar-refractivity contribution in [2.45, 2.75) is 0 Å². The van der Waals surface area contributed by atoms with E-state index in [-0.39, 0.29) is 0 Å². The topological polar surface area (TPSA) is 0 Å². The summed E-state index contributed by atoms with van der Waals surface area (Å²) in [6, 6.07) is 53.6. The lowest BCUT2D eigenvalue weighted by Crippen LogP contribution is -1.96. The molecule has 0 bridgehead atoms. The highest BCUT2D eigenvalue weighted by Crippen LogP contribution is 2.59. The number of benzene rings is 8. The van der Waals surface area contributed by atoms with Gasteiger partial charge in [0.25, 0.3) is 0 Å². The van der Waals surface area contributed by atoms with Crippen LogP contribution in [0.4, 0.5) is 0 Å². The predicted octanol–water partition coefficient (Wildman–Crippen LogP) is 11.3. The van der Waals surface area contributed by atoms with E-state index < -0.39 is 0 Å². The normalized spacial score (nSPS) is 12.0. The molecule has 0 radical (unpaired) electrons. The highest BCUT2D eigenvalue weighted by atomic mass is 14.3. The van der Waals surface area contributed by atoms with E-state index in [1.807, 2.05) is 0 Å². The molecule has 0 N–H and O–H groups in total. The molecule has 0 aliphatic heterocycles. The summed E-state index contributed by atoms with van der Waals surface area (Å²) in [6.45, 7) is 0. The fourth-order valence-electron chi connectivity index (χ4n) is 7.24. The third kappa shape index (κ3) is 2.80. The minimum absolute atomic E-state index is 1.25. The maximum Gasteiger partial charge on any atom is -0.000696 e. The third-order valence-corrected chi connectivity index (χ3v) is 8.75. The lowest BCUT2D eigenvalue weighted by atomic mass is 9.79. The van der Waals surface area contributed by atoms with Gasteiger partial charge < -0.3 is 0 Å². The van der Waals surface area contributed by atoms with Gasteiger partial charge in [0, 0.05) is 0 Å². The van der Waals surface area contributed by atoms with E-state index >= 15 is 0 Å². The van der Waals surface area contributed by atoms with Gasteiger partial charge in [0.05, 0.1) is 0 Å². The van der Waals surface area contributed by atoms with Crippen LogP contribution in [0.1, 0.15) is 0 Å². The summed E-state index contributed by atoms with van der Waals surface area (Å²) >= 11 is 0. The van der Waals surface area contributed by atoms with Crippen molar-refractivity contribution in [3.8, 4) is 44.5 Å². The molecule has 0 amide bonds. The van der Waals surface area contributed by atoms with Crippen LogP contribution < -0.4 is 0 Å². The van der Waals surface area contributed by atoms with E-state index in [1.165, 1.54) is 87.6 Å². The fourth-order valence-corrected chi connectivity index (χ4v) is 7.24. The summed E-state index contributed by atoms with van der Waals surface area (Å²) in [5.74, 6) is 0. The Balaban J connectivity index is 1.68. The van der Waals surface area contributed by atoms with Crippen LogP contribution >= 0.6 is 0 Å². The third-order valence-electron chi connectivity index (χ3n) is 8.75. The zero-order valence-corrected chi connectivity index (χ0v) is 21.9. The van der Waals surface area contributed by atoms with Gasteiger partial charge in [-0.2, -0.15) is 0 Å². The van der Waals surface area contributed by atoms with Crippen LogP contribution in [0.25, 0.3) is 87.6 Å². The largest absolute Gasteiger partial charge is 0.0622 e. The standard InChI is InChI=1S/C40H24/c1-3-13-26(14-4-1)35-36(27-15-5-2-6-16-27)39-32-23-11-17-25-18-12-24-33(34(25)32)40(39)38-31-22-10-8-20-29(31)28-19-7-9-21-30(28)37(35)38/h1-24H. The summed E-state index contributed by atoms with van der Waals surface area (Å²) < 4.78 is 0. The maximum atomic E-state index is 2.33. The highest BCUT2D eigenvalue weighted by Gasteiger charge is 2.31. The van der Waals surface area contributed by atoms with Gasteiger partial charge in [-0.05, 0) is 87.6 Å². The Hall–Kier alpha value is -5.20. The Bertz CT molecular complexity index is 2290. The van der Waals surface area contributed by atoms with Gasteiger partial charge in [-0.3, -0.25) is 0 Å². The van der Waals surface area contributed by atoms with Crippen LogP contribution in [0, 0.1) is 0 Å². The highest BCUT2D eigenvalue weighted by molar-refractivity contribution is 6.38. The van der Waals surface area contributed by atoms with Crippen LogP contribution in [-0.4, -0.2) is 0 Å². The summed E-state index contributed by atoms with van der Waals surface area (Å²) in [6.07, 6.45) is 0. The average molecular weight is 505 g/mol. The first-order chi connectivity index (χ1) is 19.9. The fraction of sp³-hybridized carbons (Fsp3) is 0. The Morgan fingerprint density at radius 2 is 0.700 bits per heavy atom. The van der Waals surface area contributed by atoms with Crippen molar-refractivity contribution in [2.75, 3.05) is 0 Å². The SMILES string of the molecule is c1ccc(-c2c3c(c4c5ccccc5c5ccccc5c4c2-c2ccccc2)-c2cccc4cccc-3c24)cc1. The van der Waals surface area contributed by atoms with Gasteiger partial charge in [0.15, 0.2) is 0 Å². The second-order valence-corrected chi connectivity index (χ2v) is 10.8. The van der Waals surface area contributed by atoms with Crippen LogP contribution in [0.15, 0.2) is 146 Å². The molecule has 0 unspecified atom stereocenters. The maximum absolute atomic E-state index is 2.33. The molecular weight excluding hydrogens is 480 g/mol. The summed E-state index contributed by atoms with van der Waals surface area (Å²) in [5.41, 5.74) is 10.5. The molecule has 0 spiro atoms. The molecule has 1 aliphatic carbocycles. The smallest absolute Gasteiger partial charge is 0.000696 e. The Morgan fingerprint density at radius 1 is 0.250 bits per heavy atom. The summed E-state index contributed by atoms with van der Waals surface area (Å²) in [4.78, 5) is 0. The Morgan fingerprint density at radius 3 is 1.27 bits per heavy atom. The van der Waals surface area contributed by atoms with Crippen molar-refractivity contribution >= 4 is 43.1 Å². The number of hydrogen-bond donors (Lipinski definition) is 0. The van der Waals surface area contributed by atoms with Crippen LogP contribution in [0.2, 0.25) is 0 Å². The minimum Gasteiger partial charge on any atom is -0.0622 e. The zero-order chi connectivity index (χ0) is 26.2. The molecule has 8 aromatic carbocycles. The second kappa shape index (κ2) is 8.15. The van der Waals surface area contributed by atoms with Gasteiger partial charge in [-0.15, -0.1) is 0 Å². The molecular formula is C40H24. The van der Waals surface area contributed by atoms with Crippen molar-refractivity contribution in [1.82, 2.24) is 0 Å². The van der Waals surface area contributed by atoms with E-state index in [4.69, 9.17) is 0 Å². The Labute approximate surface area is 232 Å². The van der Waals surface area contributed by atoms with Crippen LogP contribution in [-0.2, 0) is 0 Å². The van der Waals surface area contributed by atoms with E-state index in [9.17, 15) is 0 Å². The molecule has 0 nitrogen and oxygen atoms in total. The molecule has 0 saturated heterocycles. The molecule has 0 aromatic heterocycles. The monoisotopic (exact) mass is 504 g/mol. The summed E-state index contributed by atoms with van der Waals surface area (Å²) in [5, 5.41) is 10.6. The second-order valence-electron chi connectivity index (χ2n) is 10.8. The minimum atomic E-state index is 1.25. The molecule has 1 aliphatic rings. The first-order valence-electron chi connectivity index (χ1n) is 14.0. The molecule has 40 heavy (non-hydrogen) atoms. The van der Waals surface area contributed by atoms with Gasteiger partial charge in [-0.1, -0.05) is 146 Å². The molecule has 8 aromatic rings. The van der Waals surface area contributed by atoms with Gasteiger partial charge in [0.2, 0.25) is 0 Å². The average Bonchev–Trinajstić information content (AvgIpc) is 3.37. The number of fused-ring (bicyclic) bond motifs is 10. The van der Waals surface area contributed by atoms with Crippen molar-refractivity contribution < 1.29 is 0 Å². The van der Waals surface area contributed by atoms with Crippen molar-refractivity contribution in [3.05, 3.63) is 146 Å². The molecule has 0 heterocycles. The lowest BCUT2D eigenvalue weighted by Gasteiger charge is -2.23. The van der Waals surface area contributed by atoms with Crippen LogP contribution in [0.5, 0.6) is 0 Å². The predicted molar refractivity (Wildman–Crippen MR) is 172 cm³/mol. The molecule has 0 saturated carbocycles. The molecule has 184 valence electrons. The van der Waals surface area contributed by atoms with Crippen LogP contribution in [0.3, 0.4) is 0 Å². The van der Waals surface area contributed by atoms with Gasteiger partial charge >= 0.3 is 0 Å². The summed E-state index contributed by atoms with van der Waals surface area (Å²) in [7, 11) is 0. The van der Waals surface area contributed by atoms with Crippen molar-refractivity contribution in [2.24, 2.45) is 0 Å². The zero-order valence-electron chi connectivity index (χ0n) is 21.9. The quantitative estimate of drug-likeness (QED) is 0.205. The van der Waals surface area contributed by atoms with E-state index in [0.29, 0.717) is 0 Å². The first kappa shape index (κ1) is 21.7. The molecule has 0 fully saturated rings. The van der Waals surface area contributed by atoms with Crippen molar-refractivity contribution in [1.29, 1.82) is 0 Å². The Kier molecular flexibility index (Phi) is 4.42. The molecule has 0 heteroatoms. The van der Waals surface area contributed by atoms with E-state index in [0.717, 1.165) is 0 Å². The van der Waals surface area contributed by atoms with E-state index in [1.54, 1.807) is 0 Å². The molecule has 0 atom stereocenters. The number of rotatable bonds is 2. The van der Waals surface area contributed by atoms with Gasteiger partial charge in [0.1, 0.15) is 0 Å².